The first-order chi connectivity index (χ1) is 5.99. The Bertz CT molecular complexity index is 225. The molecule has 0 aliphatic carbocycles. The van der Waals surface area contributed by atoms with E-state index < -0.39 is 25.6 Å². The molecule has 0 saturated heterocycles. The minimum absolute atomic E-state index is 0.225. The molecule has 0 aliphatic rings. The Morgan fingerprint density at radius 2 is 1.92 bits per heavy atom. The Kier molecular flexibility index (Phi) is 5.58. The fourth-order valence-electron chi connectivity index (χ4n) is 0.681. The van der Waals surface area contributed by atoms with Crippen LogP contribution in [-0.4, -0.2) is 24.2 Å². The van der Waals surface area contributed by atoms with Gasteiger partial charge in [-0.1, -0.05) is 0 Å². The molecular formula is C7H13O5P. The van der Waals surface area contributed by atoms with Crippen LogP contribution < -0.4 is 0 Å². The fourth-order valence-corrected chi connectivity index (χ4v) is 1.71. The number of ether oxygens (including phenoxy) is 1. The van der Waals surface area contributed by atoms with E-state index in [1.54, 1.807) is 6.92 Å². The van der Waals surface area contributed by atoms with E-state index in [2.05, 4.69) is 4.74 Å². The topological polar surface area (TPSA) is 69.7 Å². The first-order valence-electron chi connectivity index (χ1n) is 3.83. The van der Waals surface area contributed by atoms with Crippen LogP contribution in [0.15, 0.2) is 0 Å². The summed E-state index contributed by atoms with van der Waals surface area (Å²) in [4.78, 5) is 21.4. The molecule has 76 valence electrons. The maximum atomic E-state index is 11.2. The van der Waals surface area contributed by atoms with Crippen molar-refractivity contribution in [1.82, 2.24) is 0 Å². The van der Waals surface area contributed by atoms with Gasteiger partial charge in [-0.3, -0.25) is 14.2 Å². The van der Waals surface area contributed by atoms with Crippen molar-refractivity contribution in [2.24, 2.45) is 0 Å². The van der Waals surface area contributed by atoms with Crippen LogP contribution >= 0.6 is 8.03 Å². The number of esters is 1. The molecule has 0 fully saturated rings. The lowest BCUT2D eigenvalue weighted by atomic mass is 10.5. The van der Waals surface area contributed by atoms with E-state index in [0.29, 0.717) is 0 Å². The molecule has 2 atom stereocenters. The SMILES string of the molecule is CCO[PH](=O)C(OC(C)=O)C(C)=O. The average Bonchev–Trinajstić information content (AvgIpc) is 1.99. The van der Waals surface area contributed by atoms with Gasteiger partial charge in [0.2, 0.25) is 13.9 Å². The van der Waals surface area contributed by atoms with E-state index in [9.17, 15) is 14.2 Å². The van der Waals surface area contributed by atoms with E-state index in [1.807, 2.05) is 0 Å². The van der Waals surface area contributed by atoms with Gasteiger partial charge in [-0.25, -0.2) is 0 Å². The molecule has 0 radical (unpaired) electrons. The molecular weight excluding hydrogens is 195 g/mol. The first-order valence-corrected chi connectivity index (χ1v) is 5.22. The monoisotopic (exact) mass is 208 g/mol. The van der Waals surface area contributed by atoms with Crippen LogP contribution in [0.1, 0.15) is 20.8 Å². The number of hydrogen-bond donors (Lipinski definition) is 0. The highest BCUT2D eigenvalue weighted by atomic mass is 31.1. The molecule has 0 aromatic heterocycles. The van der Waals surface area contributed by atoms with Crippen molar-refractivity contribution in [2.45, 2.75) is 26.6 Å². The molecule has 0 amide bonds. The Morgan fingerprint density at radius 1 is 1.38 bits per heavy atom. The van der Waals surface area contributed by atoms with Crippen LogP contribution in [-0.2, 0) is 23.4 Å². The van der Waals surface area contributed by atoms with Crippen molar-refractivity contribution in [2.75, 3.05) is 6.61 Å². The van der Waals surface area contributed by atoms with Gasteiger partial charge in [-0.15, -0.1) is 0 Å². The molecule has 5 nitrogen and oxygen atoms in total. The van der Waals surface area contributed by atoms with Gasteiger partial charge in [-0.2, -0.15) is 0 Å². The number of rotatable bonds is 5. The van der Waals surface area contributed by atoms with Crippen molar-refractivity contribution in [3.05, 3.63) is 0 Å². The van der Waals surface area contributed by atoms with Crippen molar-refractivity contribution in [1.29, 1.82) is 0 Å². The maximum Gasteiger partial charge on any atom is 0.303 e. The molecule has 0 aromatic rings. The summed E-state index contributed by atoms with van der Waals surface area (Å²) < 4.78 is 20.4. The molecule has 0 aromatic carbocycles. The number of Topliss-reactive ketones (excluding diaryl/α,β-unsaturated/α-hetero) is 1. The van der Waals surface area contributed by atoms with Crippen LogP contribution in [0.25, 0.3) is 0 Å². The summed E-state index contributed by atoms with van der Waals surface area (Å²) in [5.41, 5.74) is 0. The largest absolute Gasteiger partial charge is 0.444 e. The number of ketones is 1. The summed E-state index contributed by atoms with van der Waals surface area (Å²) in [6.07, 6.45) is 0. The van der Waals surface area contributed by atoms with E-state index >= 15 is 0 Å². The Morgan fingerprint density at radius 3 is 2.23 bits per heavy atom. The van der Waals surface area contributed by atoms with Gasteiger partial charge < -0.3 is 9.26 Å². The smallest absolute Gasteiger partial charge is 0.303 e. The van der Waals surface area contributed by atoms with Gasteiger partial charge in [0.25, 0.3) is 0 Å². The highest BCUT2D eigenvalue weighted by Gasteiger charge is 2.24. The van der Waals surface area contributed by atoms with Crippen LogP contribution in [0.5, 0.6) is 0 Å². The lowest BCUT2D eigenvalue weighted by Crippen LogP contribution is -2.20. The van der Waals surface area contributed by atoms with Crippen LogP contribution in [0.3, 0.4) is 0 Å². The Balaban J connectivity index is 4.32. The zero-order valence-corrected chi connectivity index (χ0v) is 8.83. The second kappa shape index (κ2) is 5.89. The zero-order valence-electron chi connectivity index (χ0n) is 7.83. The van der Waals surface area contributed by atoms with E-state index in [0.717, 1.165) is 6.92 Å². The first kappa shape index (κ1) is 12.3. The predicted octanol–water partition coefficient (Wildman–Crippen LogP) is 0.976. The minimum atomic E-state index is -2.62. The molecule has 0 aliphatic heterocycles. The Hall–Kier alpha value is -0.670. The maximum absolute atomic E-state index is 11.2. The molecule has 0 spiro atoms. The lowest BCUT2D eigenvalue weighted by Gasteiger charge is -2.12. The summed E-state index contributed by atoms with van der Waals surface area (Å²) >= 11 is 0. The van der Waals surface area contributed by atoms with Crippen LogP contribution in [0.2, 0.25) is 0 Å². The third-order valence-corrected chi connectivity index (χ3v) is 2.68. The van der Waals surface area contributed by atoms with Gasteiger partial charge in [0, 0.05) is 6.92 Å². The van der Waals surface area contributed by atoms with E-state index in [1.165, 1.54) is 6.92 Å². The van der Waals surface area contributed by atoms with E-state index in [4.69, 9.17) is 4.52 Å². The second-order valence-electron chi connectivity index (χ2n) is 2.35. The van der Waals surface area contributed by atoms with E-state index in [-0.39, 0.29) is 6.61 Å². The Labute approximate surface area is 77.3 Å². The fraction of sp³-hybridized carbons (Fsp3) is 0.714. The molecule has 0 saturated carbocycles. The van der Waals surface area contributed by atoms with Crippen molar-refractivity contribution < 1.29 is 23.4 Å². The standard InChI is InChI=1S/C7H13O5P/c1-4-11-13(10)7(5(2)8)12-6(3)9/h7,13H,4H2,1-3H3. The van der Waals surface area contributed by atoms with Gasteiger partial charge >= 0.3 is 5.97 Å². The average molecular weight is 208 g/mol. The molecule has 0 N–H and O–H groups in total. The van der Waals surface area contributed by atoms with Gasteiger partial charge in [0.15, 0.2) is 5.78 Å². The molecule has 6 heteroatoms. The third kappa shape index (κ3) is 4.80. The summed E-state index contributed by atoms with van der Waals surface area (Å²) in [6, 6.07) is 0. The van der Waals surface area contributed by atoms with Crippen molar-refractivity contribution in [3.63, 3.8) is 0 Å². The molecule has 13 heavy (non-hydrogen) atoms. The van der Waals surface area contributed by atoms with Crippen LogP contribution in [0, 0.1) is 0 Å². The predicted molar refractivity (Wildman–Crippen MR) is 46.9 cm³/mol. The summed E-state index contributed by atoms with van der Waals surface area (Å²) in [5, 5.41) is 0. The molecule has 2 unspecified atom stereocenters. The van der Waals surface area contributed by atoms with Crippen molar-refractivity contribution >= 4 is 19.8 Å². The van der Waals surface area contributed by atoms with Gasteiger partial charge in [0.05, 0.1) is 6.61 Å². The second-order valence-corrected chi connectivity index (χ2v) is 3.80. The number of carbonyl (C=O) groups is 2. The highest BCUT2D eigenvalue weighted by Crippen LogP contribution is 2.30. The quantitative estimate of drug-likeness (QED) is 0.497. The van der Waals surface area contributed by atoms with Gasteiger partial charge in [-0.05, 0) is 13.8 Å². The van der Waals surface area contributed by atoms with Crippen molar-refractivity contribution in [3.8, 4) is 0 Å². The highest BCUT2D eigenvalue weighted by molar-refractivity contribution is 7.41. The summed E-state index contributed by atoms with van der Waals surface area (Å²) in [7, 11) is -2.62. The summed E-state index contributed by atoms with van der Waals surface area (Å²) in [6.45, 7) is 4.22. The normalized spacial score (nSPS) is 14.7. The number of hydrogen-bond acceptors (Lipinski definition) is 5. The lowest BCUT2D eigenvalue weighted by molar-refractivity contribution is -0.148. The molecule has 0 bridgehead atoms. The molecule has 0 heterocycles. The minimum Gasteiger partial charge on any atom is -0.444 e. The zero-order chi connectivity index (χ0) is 10.4. The number of carbonyl (C=O) groups excluding carboxylic acids is 2. The summed E-state index contributed by atoms with van der Waals surface area (Å²) in [5.74, 6) is -2.34. The van der Waals surface area contributed by atoms with Gasteiger partial charge in [0.1, 0.15) is 0 Å². The third-order valence-electron chi connectivity index (χ3n) is 1.15. The van der Waals surface area contributed by atoms with Crippen LogP contribution in [0.4, 0.5) is 0 Å². The molecule has 0 rings (SSSR count).